The van der Waals surface area contributed by atoms with E-state index in [1.54, 1.807) is 41.5 Å². The highest BCUT2D eigenvalue weighted by Crippen LogP contribution is 2.41. The molecule has 10 heteroatoms. The average Bonchev–Trinajstić information content (AvgIpc) is 3.09. The molecule has 3 atom stereocenters. The van der Waals surface area contributed by atoms with Crippen molar-refractivity contribution in [3.63, 3.8) is 0 Å². The molecule has 0 aromatic heterocycles. The lowest BCUT2D eigenvalue weighted by Gasteiger charge is -2.34. The van der Waals surface area contributed by atoms with Gasteiger partial charge in [0.05, 0.1) is 19.3 Å². The van der Waals surface area contributed by atoms with Gasteiger partial charge in [0, 0.05) is 4.92 Å². The van der Waals surface area contributed by atoms with Gasteiger partial charge in [-0.2, -0.15) is 0 Å². The van der Waals surface area contributed by atoms with Crippen molar-refractivity contribution in [1.29, 1.82) is 0 Å². The molecule has 2 amide bonds. The molecule has 2 rings (SSSR count). The molecule has 0 aliphatic carbocycles. The quantitative estimate of drug-likeness (QED) is 0.429. The van der Waals surface area contributed by atoms with E-state index in [2.05, 4.69) is 0 Å². The number of hydrogen-bond donors (Lipinski definition) is 0. The van der Waals surface area contributed by atoms with Crippen molar-refractivity contribution in [3.05, 3.63) is 10.1 Å². The van der Waals surface area contributed by atoms with Crippen LogP contribution in [0.5, 0.6) is 0 Å². The highest BCUT2D eigenvalue weighted by atomic mass is 16.6. The zero-order chi connectivity index (χ0) is 19.2. The molecule has 2 aliphatic rings. The van der Waals surface area contributed by atoms with Gasteiger partial charge in [-0.1, -0.05) is 0 Å². The predicted octanol–water partition coefficient (Wildman–Crippen LogP) is 1.80. The van der Waals surface area contributed by atoms with Gasteiger partial charge in [0.2, 0.25) is 0 Å². The van der Waals surface area contributed by atoms with E-state index in [1.807, 2.05) is 0 Å². The first kappa shape index (κ1) is 19.2. The Bertz CT molecular complexity index is 572. The van der Waals surface area contributed by atoms with E-state index in [1.165, 1.54) is 4.90 Å². The van der Waals surface area contributed by atoms with E-state index in [-0.39, 0.29) is 13.2 Å². The molecule has 2 fully saturated rings. The van der Waals surface area contributed by atoms with Crippen molar-refractivity contribution in [3.8, 4) is 0 Å². The van der Waals surface area contributed by atoms with Gasteiger partial charge >= 0.3 is 18.4 Å². The molecule has 10 nitrogen and oxygen atoms in total. The van der Waals surface area contributed by atoms with Crippen LogP contribution < -0.4 is 0 Å². The lowest BCUT2D eigenvalue weighted by molar-refractivity contribution is -0.505. The minimum atomic E-state index is -1.24. The zero-order valence-corrected chi connectivity index (χ0v) is 15.3. The summed E-state index contributed by atoms with van der Waals surface area (Å²) in [7, 11) is 0. The van der Waals surface area contributed by atoms with Crippen LogP contribution in [0.25, 0.3) is 0 Å². The Morgan fingerprint density at radius 3 is 2.40 bits per heavy atom. The van der Waals surface area contributed by atoms with Crippen LogP contribution in [0.1, 0.15) is 41.5 Å². The summed E-state index contributed by atoms with van der Waals surface area (Å²) < 4.78 is 15.9. The third-order valence-electron chi connectivity index (χ3n) is 4.02. The number of hydrogen-bond acceptors (Lipinski definition) is 7. The molecular formula is C15H25N3O7. The van der Waals surface area contributed by atoms with Crippen LogP contribution in [0.4, 0.5) is 9.59 Å². The van der Waals surface area contributed by atoms with E-state index in [0.29, 0.717) is 0 Å². The van der Waals surface area contributed by atoms with Gasteiger partial charge in [0.25, 0.3) is 0 Å². The molecule has 0 bridgehead atoms. The summed E-state index contributed by atoms with van der Waals surface area (Å²) >= 11 is 0. The van der Waals surface area contributed by atoms with E-state index < -0.39 is 46.7 Å². The number of carbonyl (C=O) groups excluding carboxylic acids is 2. The Morgan fingerprint density at radius 1 is 1.32 bits per heavy atom. The van der Waals surface area contributed by atoms with Crippen molar-refractivity contribution in [1.82, 2.24) is 9.80 Å². The monoisotopic (exact) mass is 359 g/mol. The molecule has 0 unspecified atom stereocenters. The van der Waals surface area contributed by atoms with Crippen LogP contribution in [0.3, 0.4) is 0 Å². The van der Waals surface area contributed by atoms with Crippen LogP contribution in [0.2, 0.25) is 0 Å². The number of nitro groups is 1. The summed E-state index contributed by atoms with van der Waals surface area (Å²) in [6, 6.07) is -1.51. The first-order chi connectivity index (χ1) is 11.4. The largest absolute Gasteiger partial charge is 0.450 e. The number of amides is 2. The van der Waals surface area contributed by atoms with Gasteiger partial charge in [-0.3, -0.25) is 15.0 Å². The molecule has 0 radical (unpaired) electrons. The van der Waals surface area contributed by atoms with E-state index in [9.17, 15) is 19.7 Å². The fraction of sp³-hybridized carbons (Fsp3) is 0.867. The predicted molar refractivity (Wildman–Crippen MR) is 85.3 cm³/mol. The third-order valence-corrected chi connectivity index (χ3v) is 4.02. The van der Waals surface area contributed by atoms with Crippen molar-refractivity contribution in [2.75, 3.05) is 13.2 Å². The fourth-order valence-electron chi connectivity index (χ4n) is 3.02. The normalized spacial score (nSPS) is 27.8. The molecule has 0 aromatic carbocycles. The van der Waals surface area contributed by atoms with Crippen LogP contribution in [-0.2, 0) is 14.2 Å². The Labute approximate surface area is 146 Å². The summed E-state index contributed by atoms with van der Waals surface area (Å²) in [6.07, 6.45) is -2.66. The molecule has 0 N–H and O–H groups in total. The van der Waals surface area contributed by atoms with Crippen LogP contribution in [0.15, 0.2) is 0 Å². The summed E-state index contributed by atoms with van der Waals surface area (Å²) in [5.74, 6) is 0. The Hall–Kier alpha value is -2.10. The topological polar surface area (TPSA) is 111 Å². The van der Waals surface area contributed by atoms with Gasteiger partial charge in [0.1, 0.15) is 11.3 Å². The lowest BCUT2D eigenvalue weighted by atomic mass is 10.1. The molecule has 142 valence electrons. The average molecular weight is 359 g/mol. The molecule has 2 saturated heterocycles. The molecule has 0 spiro atoms. The van der Waals surface area contributed by atoms with Gasteiger partial charge in [-0.15, -0.1) is 0 Å². The van der Waals surface area contributed by atoms with Crippen LogP contribution in [-0.4, -0.2) is 69.7 Å². The summed E-state index contributed by atoms with van der Waals surface area (Å²) in [4.78, 5) is 37.7. The number of carbonyl (C=O) groups is 2. The standard InChI is InChI=1S/C15H25N3O7/c1-7-23-12(19)16-10(11(16)18(21)22)9-8-24-15(5,6)17(9)13(20)25-14(2,3)4/h9-11H,7-8H2,1-6H3/t9-,10+,11+,16?/m1/s1. The second kappa shape index (κ2) is 6.32. The van der Waals surface area contributed by atoms with Crippen LogP contribution >= 0.6 is 0 Å². The minimum absolute atomic E-state index is 0.0666. The first-order valence-corrected chi connectivity index (χ1v) is 8.15. The minimum Gasteiger partial charge on any atom is -0.450 e. The Kier molecular flexibility index (Phi) is 4.86. The molecule has 0 saturated carbocycles. The second-order valence-electron chi connectivity index (χ2n) is 7.47. The van der Waals surface area contributed by atoms with Gasteiger partial charge in [0.15, 0.2) is 6.04 Å². The maximum absolute atomic E-state index is 12.6. The molecule has 2 heterocycles. The Balaban J connectivity index is 2.25. The van der Waals surface area contributed by atoms with Crippen molar-refractivity contribution in [2.45, 2.75) is 71.1 Å². The summed E-state index contributed by atoms with van der Waals surface area (Å²) in [5.41, 5.74) is -1.73. The van der Waals surface area contributed by atoms with E-state index in [4.69, 9.17) is 14.2 Å². The number of ether oxygens (including phenoxy) is 3. The van der Waals surface area contributed by atoms with Crippen molar-refractivity contribution >= 4 is 12.2 Å². The number of rotatable bonds is 3. The fourth-order valence-corrected chi connectivity index (χ4v) is 3.02. The summed E-state index contributed by atoms with van der Waals surface area (Å²) in [5, 5.41) is 11.3. The highest BCUT2D eigenvalue weighted by Gasteiger charge is 2.69. The number of nitrogens with zero attached hydrogens (tertiary/aromatic N) is 3. The molecular weight excluding hydrogens is 334 g/mol. The van der Waals surface area contributed by atoms with E-state index in [0.717, 1.165) is 4.90 Å². The van der Waals surface area contributed by atoms with Crippen LogP contribution in [0, 0.1) is 10.1 Å². The van der Waals surface area contributed by atoms with Gasteiger partial charge in [-0.25, -0.2) is 14.5 Å². The second-order valence-corrected chi connectivity index (χ2v) is 7.47. The molecule has 0 aromatic rings. The Morgan fingerprint density at radius 2 is 1.92 bits per heavy atom. The van der Waals surface area contributed by atoms with Crippen molar-refractivity contribution < 1.29 is 28.7 Å². The smallest absolute Gasteiger partial charge is 0.415 e. The molecule has 25 heavy (non-hydrogen) atoms. The lowest BCUT2D eigenvalue weighted by Crippen LogP contribution is -2.52. The maximum atomic E-state index is 12.6. The third kappa shape index (κ3) is 3.78. The first-order valence-electron chi connectivity index (χ1n) is 8.15. The maximum Gasteiger partial charge on any atom is 0.415 e. The van der Waals surface area contributed by atoms with E-state index >= 15 is 0 Å². The van der Waals surface area contributed by atoms with Crippen molar-refractivity contribution in [2.24, 2.45) is 0 Å². The SMILES string of the molecule is CCOC(=O)N1[C@@H]([C@H]2COC(C)(C)N2C(=O)OC(C)(C)C)[C@@H]1[N+](=O)[O-]. The van der Waals surface area contributed by atoms with Gasteiger partial charge in [-0.05, 0) is 41.5 Å². The molecule has 2 aliphatic heterocycles. The zero-order valence-electron chi connectivity index (χ0n) is 15.3. The summed E-state index contributed by atoms with van der Waals surface area (Å²) in [6.45, 7) is 10.3. The van der Waals surface area contributed by atoms with Gasteiger partial charge < -0.3 is 14.2 Å². The highest BCUT2D eigenvalue weighted by molar-refractivity contribution is 5.73.